The minimum atomic E-state index is -0.521. The van der Waals surface area contributed by atoms with Crippen molar-refractivity contribution in [3.05, 3.63) is 41.9 Å². The third kappa shape index (κ3) is 2.19. The number of nitrogens with zero attached hydrogens (tertiary/aromatic N) is 1. The van der Waals surface area contributed by atoms with Crippen molar-refractivity contribution >= 4 is 5.97 Å². The molecular weight excluding hydrogens is 220 g/mol. The average Bonchev–Trinajstić information content (AvgIpc) is 2.87. The fraction of sp³-hybridized carbons (Fsp3) is 0.167. The van der Waals surface area contributed by atoms with Crippen molar-refractivity contribution in [3.63, 3.8) is 0 Å². The van der Waals surface area contributed by atoms with Crippen LogP contribution in [0.2, 0.25) is 0 Å². The zero-order valence-corrected chi connectivity index (χ0v) is 9.34. The molecule has 0 saturated heterocycles. The molecule has 0 aliphatic heterocycles. The molecule has 0 amide bonds. The van der Waals surface area contributed by atoms with Crippen LogP contribution in [-0.4, -0.2) is 18.1 Å². The molecule has 1 aromatic heterocycles. The molecule has 1 heterocycles. The molecule has 0 unspecified atom stereocenters. The number of carbonyl (C=O) groups excluding carboxylic acids is 1. The van der Waals surface area contributed by atoms with Gasteiger partial charge in [-0.2, -0.15) is 0 Å². The maximum atomic E-state index is 11.5. The molecule has 0 fully saturated rings. The molecule has 0 radical (unpaired) electrons. The van der Waals surface area contributed by atoms with Crippen LogP contribution in [-0.2, 0) is 11.3 Å². The van der Waals surface area contributed by atoms with Crippen LogP contribution < -0.4 is 5.73 Å². The number of carbonyl (C=O) groups is 1. The van der Waals surface area contributed by atoms with Crippen LogP contribution in [0.15, 0.2) is 35.1 Å². The van der Waals surface area contributed by atoms with Gasteiger partial charge in [0.1, 0.15) is 0 Å². The van der Waals surface area contributed by atoms with Crippen LogP contribution in [0.5, 0.6) is 0 Å². The number of oxazole rings is 1. The van der Waals surface area contributed by atoms with Crippen molar-refractivity contribution in [3.8, 4) is 11.3 Å². The Morgan fingerprint density at radius 3 is 3.06 bits per heavy atom. The van der Waals surface area contributed by atoms with Gasteiger partial charge in [-0.15, -0.1) is 0 Å². The summed E-state index contributed by atoms with van der Waals surface area (Å²) in [5.41, 5.74) is 7.44. The summed E-state index contributed by atoms with van der Waals surface area (Å²) < 4.78 is 9.85. The average molecular weight is 232 g/mol. The number of methoxy groups -OCH3 is 1. The van der Waals surface area contributed by atoms with Crippen molar-refractivity contribution in [2.24, 2.45) is 5.73 Å². The highest BCUT2D eigenvalue weighted by molar-refractivity contribution is 5.93. The van der Waals surface area contributed by atoms with Gasteiger partial charge in [-0.1, -0.05) is 18.2 Å². The fourth-order valence-corrected chi connectivity index (χ4v) is 1.53. The lowest BCUT2D eigenvalue weighted by Gasteiger charge is -2.02. The largest absolute Gasteiger partial charge is 0.464 e. The Bertz CT molecular complexity index is 534. The van der Waals surface area contributed by atoms with Crippen molar-refractivity contribution in [2.45, 2.75) is 6.54 Å². The molecule has 17 heavy (non-hydrogen) atoms. The molecule has 5 heteroatoms. The van der Waals surface area contributed by atoms with E-state index in [-0.39, 0.29) is 5.69 Å². The lowest BCUT2D eigenvalue weighted by molar-refractivity contribution is 0.0595. The summed E-state index contributed by atoms with van der Waals surface area (Å²) in [6.45, 7) is 0.426. The lowest BCUT2D eigenvalue weighted by atomic mass is 10.1. The Kier molecular flexibility index (Phi) is 3.20. The number of nitrogens with two attached hydrogens (primary N) is 1. The van der Waals surface area contributed by atoms with E-state index in [4.69, 9.17) is 10.2 Å². The Balaban J connectivity index is 2.45. The topological polar surface area (TPSA) is 78.3 Å². The minimum Gasteiger partial charge on any atom is -0.464 e. The number of rotatable bonds is 3. The molecule has 0 atom stereocenters. The SMILES string of the molecule is COC(=O)c1ncoc1-c1cccc(CN)c1. The van der Waals surface area contributed by atoms with E-state index in [9.17, 15) is 4.79 Å². The molecule has 0 bridgehead atoms. The maximum Gasteiger partial charge on any atom is 0.360 e. The zero-order valence-electron chi connectivity index (χ0n) is 9.34. The Hall–Kier alpha value is -2.14. The van der Waals surface area contributed by atoms with Gasteiger partial charge in [0.05, 0.1) is 7.11 Å². The number of benzene rings is 1. The predicted molar refractivity (Wildman–Crippen MR) is 61.2 cm³/mol. The molecular formula is C12H12N2O3. The van der Waals surface area contributed by atoms with Gasteiger partial charge in [-0.25, -0.2) is 9.78 Å². The molecule has 2 rings (SSSR count). The van der Waals surface area contributed by atoms with E-state index in [1.807, 2.05) is 24.3 Å². The van der Waals surface area contributed by atoms with Gasteiger partial charge in [0, 0.05) is 12.1 Å². The van der Waals surface area contributed by atoms with Gasteiger partial charge in [0.25, 0.3) is 0 Å². The van der Waals surface area contributed by atoms with Crippen molar-refractivity contribution < 1.29 is 13.9 Å². The number of esters is 1. The third-order valence-electron chi connectivity index (χ3n) is 2.37. The quantitative estimate of drug-likeness (QED) is 0.813. The highest BCUT2D eigenvalue weighted by Crippen LogP contribution is 2.24. The van der Waals surface area contributed by atoms with Gasteiger partial charge in [0.2, 0.25) is 0 Å². The van der Waals surface area contributed by atoms with Crippen LogP contribution in [0.25, 0.3) is 11.3 Å². The Labute approximate surface area is 98.2 Å². The van der Waals surface area contributed by atoms with Crippen molar-refractivity contribution in [2.75, 3.05) is 7.11 Å². The van der Waals surface area contributed by atoms with Crippen LogP contribution >= 0.6 is 0 Å². The van der Waals surface area contributed by atoms with E-state index in [1.165, 1.54) is 13.5 Å². The van der Waals surface area contributed by atoms with E-state index in [0.29, 0.717) is 12.3 Å². The normalized spacial score (nSPS) is 10.2. The smallest absolute Gasteiger partial charge is 0.360 e. The summed E-state index contributed by atoms with van der Waals surface area (Å²) in [4.78, 5) is 15.3. The monoisotopic (exact) mass is 232 g/mol. The summed E-state index contributed by atoms with van der Waals surface area (Å²) in [5.74, 6) is -0.126. The summed E-state index contributed by atoms with van der Waals surface area (Å²) in [5, 5.41) is 0. The zero-order chi connectivity index (χ0) is 12.3. The number of hydrogen-bond acceptors (Lipinski definition) is 5. The summed E-state index contributed by atoms with van der Waals surface area (Å²) in [6, 6.07) is 7.43. The van der Waals surface area contributed by atoms with Gasteiger partial charge in [0.15, 0.2) is 17.8 Å². The molecule has 1 aromatic carbocycles. The third-order valence-corrected chi connectivity index (χ3v) is 2.37. The lowest BCUT2D eigenvalue weighted by Crippen LogP contribution is -2.03. The first-order valence-electron chi connectivity index (χ1n) is 5.07. The maximum absolute atomic E-state index is 11.5. The van der Waals surface area contributed by atoms with E-state index in [0.717, 1.165) is 11.1 Å². The highest BCUT2D eigenvalue weighted by Gasteiger charge is 2.18. The first kappa shape index (κ1) is 11.3. The predicted octanol–water partition coefficient (Wildman–Crippen LogP) is 1.59. The summed E-state index contributed by atoms with van der Waals surface area (Å²) >= 11 is 0. The summed E-state index contributed by atoms with van der Waals surface area (Å²) in [7, 11) is 1.30. The Morgan fingerprint density at radius 1 is 1.53 bits per heavy atom. The minimum absolute atomic E-state index is 0.168. The first-order valence-corrected chi connectivity index (χ1v) is 5.07. The van der Waals surface area contributed by atoms with Crippen LogP contribution in [0.1, 0.15) is 16.1 Å². The van der Waals surface area contributed by atoms with Gasteiger partial charge < -0.3 is 14.9 Å². The van der Waals surface area contributed by atoms with Gasteiger partial charge in [-0.3, -0.25) is 0 Å². The van der Waals surface area contributed by atoms with Crippen molar-refractivity contribution in [1.82, 2.24) is 4.98 Å². The van der Waals surface area contributed by atoms with Crippen LogP contribution in [0, 0.1) is 0 Å². The van der Waals surface area contributed by atoms with Gasteiger partial charge in [-0.05, 0) is 11.6 Å². The van der Waals surface area contributed by atoms with Gasteiger partial charge >= 0.3 is 5.97 Å². The second kappa shape index (κ2) is 4.80. The molecule has 88 valence electrons. The molecule has 5 nitrogen and oxygen atoms in total. The second-order valence-corrected chi connectivity index (χ2v) is 3.43. The number of ether oxygens (including phenoxy) is 1. The van der Waals surface area contributed by atoms with E-state index >= 15 is 0 Å². The molecule has 0 saturated carbocycles. The highest BCUT2D eigenvalue weighted by atomic mass is 16.5. The summed E-state index contributed by atoms with van der Waals surface area (Å²) in [6.07, 6.45) is 1.22. The fourth-order valence-electron chi connectivity index (χ4n) is 1.53. The second-order valence-electron chi connectivity index (χ2n) is 3.43. The van der Waals surface area contributed by atoms with Crippen LogP contribution in [0.4, 0.5) is 0 Å². The van der Waals surface area contributed by atoms with E-state index < -0.39 is 5.97 Å². The molecule has 0 aliphatic rings. The molecule has 2 aromatic rings. The first-order chi connectivity index (χ1) is 8.26. The Morgan fingerprint density at radius 2 is 2.35 bits per heavy atom. The van der Waals surface area contributed by atoms with Crippen LogP contribution in [0.3, 0.4) is 0 Å². The number of aromatic nitrogens is 1. The van der Waals surface area contributed by atoms with E-state index in [2.05, 4.69) is 9.72 Å². The molecule has 0 spiro atoms. The number of hydrogen-bond donors (Lipinski definition) is 1. The standard InChI is InChI=1S/C12H12N2O3/c1-16-12(15)10-11(17-7-14-10)9-4-2-3-8(5-9)6-13/h2-5,7H,6,13H2,1H3. The molecule has 2 N–H and O–H groups in total. The van der Waals surface area contributed by atoms with Crippen molar-refractivity contribution in [1.29, 1.82) is 0 Å². The van der Waals surface area contributed by atoms with E-state index in [1.54, 1.807) is 0 Å². The molecule has 0 aliphatic carbocycles.